The Balaban J connectivity index is 1.34. The molecule has 1 aliphatic carbocycles. The summed E-state index contributed by atoms with van der Waals surface area (Å²) in [5.41, 5.74) is 4.30. The zero-order chi connectivity index (χ0) is 29.9. The van der Waals surface area contributed by atoms with Crippen molar-refractivity contribution in [2.24, 2.45) is 0 Å². The van der Waals surface area contributed by atoms with Crippen molar-refractivity contribution in [2.75, 3.05) is 13.7 Å². The number of hydrogen-bond acceptors (Lipinski definition) is 4. The van der Waals surface area contributed by atoms with E-state index in [1.165, 1.54) is 13.1 Å². The normalized spacial score (nSPS) is 13.2. The van der Waals surface area contributed by atoms with Crippen LogP contribution in [0.4, 0.5) is 18.0 Å². The van der Waals surface area contributed by atoms with E-state index in [-0.39, 0.29) is 25.6 Å². The van der Waals surface area contributed by atoms with Crippen molar-refractivity contribution in [2.45, 2.75) is 31.2 Å². The van der Waals surface area contributed by atoms with Crippen LogP contribution in [-0.4, -0.2) is 36.7 Å². The number of likely N-dealkylation sites (N-methyl/N-ethyl adjacent to an activating group) is 1. The third-order valence-corrected chi connectivity index (χ3v) is 7.67. The van der Waals surface area contributed by atoms with Gasteiger partial charge in [0.25, 0.3) is 0 Å². The van der Waals surface area contributed by atoms with Gasteiger partial charge in [-0.25, -0.2) is 9.59 Å². The molecule has 0 radical (unpaired) electrons. The maximum atomic E-state index is 13.3. The van der Waals surface area contributed by atoms with E-state index in [2.05, 4.69) is 0 Å². The Morgan fingerprint density at radius 1 is 0.833 bits per heavy atom. The molecule has 0 saturated heterocycles. The van der Waals surface area contributed by atoms with Gasteiger partial charge in [-0.3, -0.25) is 4.90 Å². The predicted molar refractivity (Wildman–Crippen MR) is 153 cm³/mol. The summed E-state index contributed by atoms with van der Waals surface area (Å²) >= 11 is 5.92. The van der Waals surface area contributed by atoms with Crippen LogP contribution in [0.15, 0.2) is 97.1 Å². The molecular formula is C33H27ClF3NO4. The smallest absolute Gasteiger partial charge is 0.417 e. The van der Waals surface area contributed by atoms with Crippen molar-refractivity contribution in [1.29, 1.82) is 0 Å². The number of carbonyl (C=O) groups is 2. The number of ether oxygens (including phenoxy) is 2. The molecular weight excluding hydrogens is 567 g/mol. The zero-order valence-electron chi connectivity index (χ0n) is 22.6. The highest BCUT2D eigenvalue weighted by Crippen LogP contribution is 2.44. The van der Waals surface area contributed by atoms with E-state index in [4.69, 9.17) is 21.1 Å². The van der Waals surface area contributed by atoms with Gasteiger partial charge in [-0.05, 0) is 45.5 Å². The van der Waals surface area contributed by atoms with Crippen molar-refractivity contribution >= 4 is 23.7 Å². The summed E-state index contributed by atoms with van der Waals surface area (Å²) in [4.78, 5) is 27.7. The number of alkyl halides is 3. The van der Waals surface area contributed by atoms with Crippen molar-refractivity contribution in [3.63, 3.8) is 0 Å². The van der Waals surface area contributed by atoms with Gasteiger partial charge >= 0.3 is 18.2 Å². The van der Waals surface area contributed by atoms with E-state index in [9.17, 15) is 22.8 Å². The molecule has 4 aromatic carbocycles. The van der Waals surface area contributed by atoms with Gasteiger partial charge in [0.2, 0.25) is 0 Å². The summed E-state index contributed by atoms with van der Waals surface area (Å²) in [6.07, 6.45) is -5.52. The van der Waals surface area contributed by atoms with Crippen molar-refractivity contribution in [1.82, 2.24) is 4.90 Å². The molecule has 0 bridgehead atoms. The first-order chi connectivity index (χ1) is 20.1. The number of nitrogens with zero attached hydrogens (tertiary/aromatic N) is 1. The first-order valence-corrected chi connectivity index (χ1v) is 13.6. The summed E-state index contributed by atoms with van der Waals surface area (Å²) in [7, 11) is 1.40. The van der Waals surface area contributed by atoms with Crippen molar-refractivity contribution < 1.29 is 32.2 Å². The Morgan fingerprint density at radius 3 is 2.02 bits per heavy atom. The van der Waals surface area contributed by atoms with Crippen LogP contribution >= 0.6 is 11.6 Å². The molecule has 0 N–H and O–H groups in total. The molecule has 5 rings (SSSR count). The van der Waals surface area contributed by atoms with Gasteiger partial charge in [0.1, 0.15) is 19.3 Å². The Labute approximate surface area is 246 Å². The number of hydrogen-bond donors (Lipinski definition) is 0. The van der Waals surface area contributed by atoms with Gasteiger partial charge in [-0.1, -0.05) is 96.5 Å². The van der Waals surface area contributed by atoms with Crippen LogP contribution in [0.5, 0.6) is 0 Å². The van der Waals surface area contributed by atoms with Crippen LogP contribution in [0.1, 0.15) is 33.7 Å². The second kappa shape index (κ2) is 12.3. The summed E-state index contributed by atoms with van der Waals surface area (Å²) in [6.45, 7) is -0.00242. The highest BCUT2D eigenvalue weighted by Gasteiger charge is 2.35. The van der Waals surface area contributed by atoms with E-state index in [1.807, 2.05) is 54.6 Å². The first-order valence-electron chi connectivity index (χ1n) is 13.3. The number of amides is 1. The monoisotopic (exact) mass is 593 g/mol. The first kappa shape index (κ1) is 29.2. The van der Waals surface area contributed by atoms with Crippen LogP contribution in [0, 0.1) is 0 Å². The van der Waals surface area contributed by atoms with E-state index in [0.717, 1.165) is 44.8 Å². The molecule has 1 amide bonds. The van der Waals surface area contributed by atoms with Gasteiger partial charge < -0.3 is 9.47 Å². The molecule has 0 heterocycles. The summed E-state index contributed by atoms with van der Waals surface area (Å²) in [5, 5.41) is -0.500. The Bertz CT molecular complexity index is 1550. The number of halogens is 4. The second-order valence-electron chi connectivity index (χ2n) is 10.0. The number of fused-ring (bicyclic) bond motifs is 3. The molecule has 1 unspecified atom stereocenters. The van der Waals surface area contributed by atoms with E-state index >= 15 is 0 Å². The fourth-order valence-electron chi connectivity index (χ4n) is 5.17. The Hall–Kier alpha value is -4.30. The predicted octanol–water partition coefficient (Wildman–Crippen LogP) is 7.89. The third-order valence-electron chi connectivity index (χ3n) is 7.36. The molecule has 0 aromatic heterocycles. The SMILES string of the molecule is CN(C(=O)OCC1c2ccccc2-c2ccccc21)C(Cc1ccc(C(F)(F)F)c(Cl)c1)C(=O)OCc1ccccc1. The zero-order valence-corrected chi connectivity index (χ0v) is 23.4. The average molecular weight is 594 g/mol. The van der Waals surface area contributed by atoms with Crippen LogP contribution in [-0.2, 0) is 33.5 Å². The Kier molecular flexibility index (Phi) is 8.54. The molecule has 5 nitrogen and oxygen atoms in total. The molecule has 0 aliphatic heterocycles. The maximum Gasteiger partial charge on any atom is 0.417 e. The quantitative estimate of drug-likeness (QED) is 0.195. The summed E-state index contributed by atoms with van der Waals surface area (Å²) in [5.74, 6) is -0.919. The van der Waals surface area contributed by atoms with Gasteiger partial charge in [-0.2, -0.15) is 13.2 Å². The number of rotatable bonds is 8. The van der Waals surface area contributed by atoms with Crippen LogP contribution in [0.3, 0.4) is 0 Å². The third kappa shape index (κ3) is 6.29. The minimum atomic E-state index is -4.62. The highest BCUT2D eigenvalue weighted by molar-refractivity contribution is 6.31. The Morgan fingerprint density at radius 2 is 1.43 bits per heavy atom. The van der Waals surface area contributed by atoms with E-state index < -0.39 is 34.9 Å². The molecule has 42 heavy (non-hydrogen) atoms. The molecule has 1 atom stereocenters. The number of benzene rings is 4. The van der Waals surface area contributed by atoms with Gasteiger partial charge in [0, 0.05) is 19.4 Å². The number of carbonyl (C=O) groups excluding carboxylic acids is 2. The topological polar surface area (TPSA) is 55.8 Å². The number of esters is 1. The van der Waals surface area contributed by atoms with Crippen LogP contribution in [0.2, 0.25) is 5.02 Å². The lowest BCUT2D eigenvalue weighted by Crippen LogP contribution is -2.45. The molecule has 1 aliphatic rings. The standard InChI is InChI=1S/C33H27ClF3NO4/c1-38(32(40)42-20-27-25-13-7-5-11-23(25)24-12-6-8-14-26(24)27)30(31(39)41-19-21-9-3-2-4-10-21)18-22-15-16-28(29(34)17-22)33(35,36)37/h2-17,27,30H,18-20H2,1H3. The van der Waals surface area contributed by atoms with E-state index in [1.54, 1.807) is 24.3 Å². The molecule has 4 aromatic rings. The van der Waals surface area contributed by atoms with E-state index in [0.29, 0.717) is 5.56 Å². The lowest BCUT2D eigenvalue weighted by atomic mass is 9.98. The van der Waals surface area contributed by atoms with Gasteiger partial charge in [0.05, 0.1) is 10.6 Å². The molecule has 0 fully saturated rings. The summed E-state index contributed by atoms with van der Waals surface area (Å²) < 4.78 is 50.9. The molecule has 9 heteroatoms. The molecule has 0 saturated carbocycles. The lowest BCUT2D eigenvalue weighted by molar-refractivity contribution is -0.150. The maximum absolute atomic E-state index is 13.3. The van der Waals surface area contributed by atoms with Gasteiger partial charge in [-0.15, -0.1) is 0 Å². The second-order valence-corrected chi connectivity index (χ2v) is 10.4. The lowest BCUT2D eigenvalue weighted by Gasteiger charge is -2.27. The minimum absolute atomic E-state index is 0.0368. The highest BCUT2D eigenvalue weighted by atomic mass is 35.5. The average Bonchev–Trinajstić information content (AvgIpc) is 3.30. The van der Waals surface area contributed by atoms with Crippen LogP contribution in [0.25, 0.3) is 11.1 Å². The van der Waals surface area contributed by atoms with Gasteiger partial charge in [0.15, 0.2) is 0 Å². The fourth-order valence-corrected chi connectivity index (χ4v) is 5.48. The fraction of sp³-hybridized carbons (Fsp3) is 0.212. The van der Waals surface area contributed by atoms with Crippen molar-refractivity contribution in [3.8, 4) is 11.1 Å². The summed E-state index contributed by atoms with van der Waals surface area (Å²) in [6, 6.07) is 26.9. The molecule has 0 spiro atoms. The largest absolute Gasteiger partial charge is 0.459 e. The minimum Gasteiger partial charge on any atom is -0.459 e. The van der Waals surface area contributed by atoms with Crippen molar-refractivity contribution in [3.05, 3.63) is 130 Å². The van der Waals surface area contributed by atoms with Crippen LogP contribution < -0.4 is 0 Å². The molecule has 216 valence electrons.